The third kappa shape index (κ3) is 4.49. The molecule has 0 saturated carbocycles. The van der Waals surface area contributed by atoms with E-state index in [-0.39, 0.29) is 0 Å². The van der Waals surface area contributed by atoms with Crippen LogP contribution in [0.1, 0.15) is 48.9 Å². The number of sulfone groups is 1. The summed E-state index contributed by atoms with van der Waals surface area (Å²) in [4.78, 5) is 0.718. The highest BCUT2D eigenvalue weighted by atomic mass is 32.2. The molecule has 3 heteroatoms. The Morgan fingerprint density at radius 3 is 1.52 bits per heavy atom. The van der Waals surface area contributed by atoms with E-state index < -0.39 is 9.84 Å². The van der Waals surface area contributed by atoms with Crippen LogP contribution in [-0.4, -0.2) is 8.42 Å². The largest absolute Gasteiger partial charge is 0.218 e. The van der Waals surface area contributed by atoms with E-state index in [0.717, 1.165) is 35.1 Å². The number of aryl methyl sites for hydroxylation is 2. The summed E-state index contributed by atoms with van der Waals surface area (Å²) in [5.41, 5.74) is 3.58. The number of hydrogen-bond acceptors (Lipinski definition) is 2. The lowest BCUT2D eigenvalue weighted by Gasteiger charge is -2.12. The van der Waals surface area contributed by atoms with Gasteiger partial charge in [-0.3, -0.25) is 0 Å². The van der Waals surface area contributed by atoms with Crippen molar-refractivity contribution in [3.63, 3.8) is 0 Å². The second-order valence-electron chi connectivity index (χ2n) is 6.21. The average Bonchev–Trinajstić information content (AvgIpc) is 2.57. The molecule has 0 aliphatic heterocycles. The maximum absolute atomic E-state index is 13.4. The van der Waals surface area contributed by atoms with E-state index >= 15 is 0 Å². The fraction of sp³-hybridized carbons (Fsp3) is 0.273. The molecule has 0 aliphatic carbocycles. The molecule has 2 nitrogen and oxygen atoms in total. The van der Waals surface area contributed by atoms with E-state index in [4.69, 9.17) is 0 Å². The third-order valence-corrected chi connectivity index (χ3v) is 5.88. The van der Waals surface area contributed by atoms with Crippen molar-refractivity contribution in [3.8, 4) is 0 Å². The number of rotatable bonds is 6. The smallest absolute Gasteiger partial charge is 0.207 e. The maximum atomic E-state index is 13.4. The van der Waals surface area contributed by atoms with Gasteiger partial charge in [0.1, 0.15) is 0 Å². The van der Waals surface area contributed by atoms with Gasteiger partial charge in [0.05, 0.1) is 9.79 Å². The van der Waals surface area contributed by atoms with Gasteiger partial charge in [-0.15, -0.1) is 0 Å². The van der Waals surface area contributed by atoms with Gasteiger partial charge in [-0.2, -0.15) is 0 Å². The first-order valence-electron chi connectivity index (χ1n) is 8.69. The third-order valence-electron chi connectivity index (χ3n) is 3.98. The molecule has 0 aliphatic rings. The van der Waals surface area contributed by atoms with Gasteiger partial charge in [-0.25, -0.2) is 8.42 Å². The van der Waals surface area contributed by atoms with E-state index in [1.807, 2.05) is 76.3 Å². The lowest BCUT2D eigenvalue weighted by atomic mass is 10.1. The summed E-state index contributed by atoms with van der Waals surface area (Å²) in [6, 6.07) is 11.0. The van der Waals surface area contributed by atoms with Crippen LogP contribution in [0.25, 0.3) is 12.2 Å². The molecular formula is C22H26O2S. The van der Waals surface area contributed by atoms with Crippen LogP contribution >= 0.6 is 0 Å². The fourth-order valence-corrected chi connectivity index (χ4v) is 4.30. The Hall–Kier alpha value is -2.13. The molecule has 0 fully saturated rings. The minimum absolute atomic E-state index is 0.359. The molecular weight excluding hydrogens is 328 g/mol. The summed E-state index contributed by atoms with van der Waals surface area (Å²) in [6.07, 6.45) is 9.50. The first-order valence-corrected chi connectivity index (χ1v) is 10.2. The van der Waals surface area contributed by atoms with Crippen LogP contribution in [0.3, 0.4) is 0 Å². The van der Waals surface area contributed by atoms with Crippen LogP contribution in [0, 0.1) is 13.8 Å². The number of hydrogen-bond donors (Lipinski definition) is 0. The number of allylic oxidation sites excluding steroid dienone is 2. The molecule has 2 rings (SSSR count). The summed E-state index contributed by atoms with van der Waals surface area (Å²) in [5.74, 6) is 0. The van der Waals surface area contributed by atoms with E-state index in [1.54, 1.807) is 12.1 Å². The first-order chi connectivity index (χ1) is 11.9. The molecule has 2 aromatic rings. The van der Waals surface area contributed by atoms with Gasteiger partial charge in [-0.05, 0) is 49.9 Å². The second-order valence-corrected chi connectivity index (χ2v) is 8.09. The van der Waals surface area contributed by atoms with Gasteiger partial charge in [0.15, 0.2) is 0 Å². The summed E-state index contributed by atoms with van der Waals surface area (Å²) < 4.78 is 26.7. The molecule has 0 bridgehead atoms. The molecule has 25 heavy (non-hydrogen) atoms. The topological polar surface area (TPSA) is 34.1 Å². The van der Waals surface area contributed by atoms with Crippen molar-refractivity contribution < 1.29 is 8.42 Å². The Morgan fingerprint density at radius 1 is 0.760 bits per heavy atom. The van der Waals surface area contributed by atoms with Crippen molar-refractivity contribution in [2.45, 2.75) is 50.3 Å². The lowest BCUT2D eigenvalue weighted by Crippen LogP contribution is -2.06. The van der Waals surface area contributed by atoms with Crippen LogP contribution in [0.2, 0.25) is 0 Å². The van der Waals surface area contributed by atoms with Gasteiger partial charge in [-0.1, -0.05) is 73.5 Å². The van der Waals surface area contributed by atoms with Crippen LogP contribution in [0.15, 0.2) is 58.3 Å². The van der Waals surface area contributed by atoms with E-state index in [9.17, 15) is 8.42 Å². The molecule has 0 heterocycles. The molecule has 0 atom stereocenters. The summed E-state index contributed by atoms with van der Waals surface area (Å²) in [5, 5.41) is 0. The SMILES string of the molecule is CCC=Cc1cc(C)ccc1S(=O)(=O)c1ccc(C)cc1C=CCC. The van der Waals surface area contributed by atoms with E-state index in [1.165, 1.54) is 0 Å². The summed E-state index contributed by atoms with van der Waals surface area (Å²) >= 11 is 0. The van der Waals surface area contributed by atoms with Crippen molar-refractivity contribution in [2.24, 2.45) is 0 Å². The van der Waals surface area contributed by atoms with E-state index in [0.29, 0.717) is 9.79 Å². The predicted octanol–water partition coefficient (Wildman–Crippen LogP) is 5.98. The molecule has 0 N–H and O–H groups in total. The molecule has 0 saturated heterocycles. The minimum Gasteiger partial charge on any atom is -0.218 e. The van der Waals surface area contributed by atoms with E-state index in [2.05, 4.69) is 0 Å². The quantitative estimate of drug-likeness (QED) is 0.639. The summed E-state index contributed by atoms with van der Waals surface area (Å²) in [7, 11) is -3.60. The lowest BCUT2D eigenvalue weighted by molar-refractivity contribution is 0.595. The zero-order valence-electron chi connectivity index (χ0n) is 15.4. The predicted molar refractivity (Wildman–Crippen MR) is 106 cm³/mol. The first kappa shape index (κ1) is 19.2. The molecule has 132 valence electrons. The Morgan fingerprint density at radius 2 is 1.16 bits per heavy atom. The molecule has 0 aromatic heterocycles. The Kier molecular flexibility index (Phi) is 6.38. The zero-order valence-corrected chi connectivity index (χ0v) is 16.2. The van der Waals surface area contributed by atoms with Gasteiger partial charge in [0, 0.05) is 0 Å². The van der Waals surface area contributed by atoms with Crippen LogP contribution < -0.4 is 0 Å². The molecule has 0 amide bonds. The second kappa shape index (κ2) is 8.30. The zero-order chi connectivity index (χ0) is 18.4. The maximum Gasteiger partial charge on any atom is 0.207 e. The molecule has 0 spiro atoms. The average molecular weight is 355 g/mol. The van der Waals surface area contributed by atoms with Gasteiger partial charge in [0.2, 0.25) is 9.84 Å². The Bertz CT molecular complexity index is 834. The molecule has 0 unspecified atom stereocenters. The Labute approximate surface area is 151 Å². The highest BCUT2D eigenvalue weighted by Crippen LogP contribution is 2.29. The van der Waals surface area contributed by atoms with Gasteiger partial charge in [0.25, 0.3) is 0 Å². The molecule has 2 aromatic carbocycles. The normalized spacial score (nSPS) is 12.3. The van der Waals surface area contributed by atoms with Crippen LogP contribution in [0.5, 0.6) is 0 Å². The highest BCUT2D eigenvalue weighted by molar-refractivity contribution is 7.91. The van der Waals surface area contributed by atoms with Gasteiger partial charge < -0.3 is 0 Å². The van der Waals surface area contributed by atoms with Crippen molar-refractivity contribution in [2.75, 3.05) is 0 Å². The van der Waals surface area contributed by atoms with Crippen molar-refractivity contribution in [3.05, 3.63) is 70.8 Å². The Balaban J connectivity index is 2.68. The van der Waals surface area contributed by atoms with Crippen molar-refractivity contribution in [1.82, 2.24) is 0 Å². The van der Waals surface area contributed by atoms with Crippen LogP contribution in [0.4, 0.5) is 0 Å². The monoisotopic (exact) mass is 354 g/mol. The fourth-order valence-electron chi connectivity index (χ4n) is 2.69. The van der Waals surface area contributed by atoms with Gasteiger partial charge >= 0.3 is 0 Å². The van der Waals surface area contributed by atoms with Crippen molar-refractivity contribution in [1.29, 1.82) is 0 Å². The summed E-state index contributed by atoms with van der Waals surface area (Å²) in [6.45, 7) is 8.02. The number of benzene rings is 2. The molecule has 0 radical (unpaired) electrons. The van der Waals surface area contributed by atoms with Crippen molar-refractivity contribution >= 4 is 22.0 Å². The standard InChI is InChI=1S/C22H26O2S/c1-5-7-9-19-15-17(3)11-13-21(19)25(23,24)22-14-12-18(4)16-20(22)10-8-6-2/h7-16H,5-6H2,1-4H3. The van der Waals surface area contributed by atoms with Crippen LogP contribution in [-0.2, 0) is 9.84 Å². The highest BCUT2D eigenvalue weighted by Gasteiger charge is 2.23. The minimum atomic E-state index is -3.60.